The lowest BCUT2D eigenvalue weighted by Crippen LogP contribution is -2.54. The second-order valence-corrected chi connectivity index (χ2v) is 14.2. The molecule has 0 aliphatic heterocycles. The topological polar surface area (TPSA) is 86.8 Å². The molecular formula is C36H37Cl2N3O4S. The number of hydrogen-bond acceptors (Lipinski definition) is 4. The number of anilines is 1. The zero-order valence-corrected chi connectivity index (χ0v) is 27.9. The van der Waals surface area contributed by atoms with Crippen molar-refractivity contribution in [3.63, 3.8) is 0 Å². The lowest BCUT2D eigenvalue weighted by molar-refractivity contribution is -0.140. The van der Waals surface area contributed by atoms with Gasteiger partial charge < -0.3 is 10.2 Å². The van der Waals surface area contributed by atoms with Gasteiger partial charge in [0.25, 0.3) is 10.0 Å². The minimum absolute atomic E-state index is 0.00196. The van der Waals surface area contributed by atoms with Gasteiger partial charge in [0, 0.05) is 29.1 Å². The van der Waals surface area contributed by atoms with Crippen molar-refractivity contribution in [2.45, 2.75) is 62.6 Å². The van der Waals surface area contributed by atoms with Crippen LogP contribution in [0.4, 0.5) is 5.69 Å². The zero-order valence-electron chi connectivity index (χ0n) is 25.6. The molecule has 1 atom stereocenters. The van der Waals surface area contributed by atoms with E-state index in [0.717, 1.165) is 41.1 Å². The largest absolute Gasteiger partial charge is 0.352 e. The summed E-state index contributed by atoms with van der Waals surface area (Å²) in [6.07, 6.45) is 4.04. The van der Waals surface area contributed by atoms with Crippen LogP contribution in [0.15, 0.2) is 108 Å². The first kappa shape index (κ1) is 33.5. The molecule has 4 aromatic rings. The molecule has 1 saturated carbocycles. The number of aryl methyl sites for hydroxylation is 1. The minimum atomic E-state index is -4.22. The molecule has 0 bridgehead atoms. The Bertz CT molecular complexity index is 1760. The number of nitrogens with one attached hydrogen (secondary N) is 1. The first-order valence-corrected chi connectivity index (χ1v) is 17.5. The first-order valence-electron chi connectivity index (χ1n) is 15.3. The molecule has 0 radical (unpaired) electrons. The smallest absolute Gasteiger partial charge is 0.264 e. The third-order valence-electron chi connectivity index (χ3n) is 8.32. The van der Waals surface area contributed by atoms with Crippen molar-refractivity contribution in [3.05, 3.63) is 130 Å². The van der Waals surface area contributed by atoms with E-state index in [0.29, 0.717) is 15.6 Å². The van der Waals surface area contributed by atoms with Crippen LogP contribution in [0.2, 0.25) is 10.0 Å². The predicted molar refractivity (Wildman–Crippen MR) is 183 cm³/mol. The van der Waals surface area contributed by atoms with Crippen LogP contribution >= 0.6 is 23.2 Å². The van der Waals surface area contributed by atoms with Crippen molar-refractivity contribution < 1.29 is 18.0 Å². The van der Waals surface area contributed by atoms with E-state index in [1.807, 2.05) is 43.3 Å². The van der Waals surface area contributed by atoms with Gasteiger partial charge in [0.05, 0.1) is 10.6 Å². The van der Waals surface area contributed by atoms with E-state index in [4.69, 9.17) is 23.2 Å². The van der Waals surface area contributed by atoms with E-state index in [-0.39, 0.29) is 35.5 Å². The molecule has 5 rings (SSSR count). The molecule has 1 unspecified atom stereocenters. The Labute approximate surface area is 281 Å². The summed E-state index contributed by atoms with van der Waals surface area (Å²) in [7, 11) is -4.22. The number of hydrogen-bond donors (Lipinski definition) is 1. The van der Waals surface area contributed by atoms with E-state index in [9.17, 15) is 18.0 Å². The molecule has 1 aliphatic rings. The Hall–Kier alpha value is -3.85. The van der Waals surface area contributed by atoms with Crippen LogP contribution in [0.1, 0.15) is 42.4 Å². The summed E-state index contributed by atoms with van der Waals surface area (Å²) in [4.78, 5) is 30.2. The highest BCUT2D eigenvalue weighted by Gasteiger charge is 2.36. The number of rotatable bonds is 12. The minimum Gasteiger partial charge on any atom is -0.352 e. The van der Waals surface area contributed by atoms with E-state index in [1.165, 1.54) is 23.1 Å². The molecule has 2 amide bonds. The predicted octanol–water partition coefficient (Wildman–Crippen LogP) is 7.20. The summed E-state index contributed by atoms with van der Waals surface area (Å²) in [5.74, 6) is -0.842. The average molecular weight is 679 g/mol. The van der Waals surface area contributed by atoms with Gasteiger partial charge in [-0.2, -0.15) is 0 Å². The monoisotopic (exact) mass is 677 g/mol. The molecule has 0 aromatic heterocycles. The van der Waals surface area contributed by atoms with Gasteiger partial charge in [-0.3, -0.25) is 13.9 Å². The van der Waals surface area contributed by atoms with Gasteiger partial charge >= 0.3 is 0 Å². The summed E-state index contributed by atoms with van der Waals surface area (Å²) in [6.45, 7) is 1.25. The number of nitrogens with zero attached hydrogens (tertiary/aromatic N) is 2. The summed E-state index contributed by atoms with van der Waals surface area (Å²) in [5, 5.41) is 3.98. The summed E-state index contributed by atoms with van der Waals surface area (Å²) in [5.41, 5.74) is 2.51. The summed E-state index contributed by atoms with van der Waals surface area (Å²) in [6, 6.07) is 28.5. The molecule has 0 spiro atoms. The Balaban J connectivity index is 1.58. The molecule has 4 aromatic carbocycles. The van der Waals surface area contributed by atoms with Crippen LogP contribution in [-0.2, 0) is 32.6 Å². The molecule has 1 fully saturated rings. The molecular weight excluding hydrogens is 641 g/mol. The molecule has 7 nitrogen and oxygen atoms in total. The molecule has 240 valence electrons. The van der Waals surface area contributed by atoms with Crippen molar-refractivity contribution in [1.29, 1.82) is 0 Å². The van der Waals surface area contributed by atoms with Crippen LogP contribution in [0.25, 0.3) is 0 Å². The van der Waals surface area contributed by atoms with Gasteiger partial charge in [0.15, 0.2) is 0 Å². The number of amides is 2. The van der Waals surface area contributed by atoms with E-state index in [1.54, 1.807) is 48.5 Å². The average Bonchev–Trinajstić information content (AvgIpc) is 3.57. The molecule has 0 heterocycles. The van der Waals surface area contributed by atoms with Gasteiger partial charge in [-0.1, -0.05) is 109 Å². The molecule has 10 heteroatoms. The standard InChI is InChI=1S/C36H37Cl2N3O4S/c1-26-20-21-30(23-33(26)38)41(46(44,45)31-17-6-3-7-18-31)25-35(42)40(24-28-14-8-11-19-32(28)37)34(22-27-12-4-2-5-13-27)36(43)39-29-15-9-10-16-29/h2-8,11-14,17-21,23,29,34H,9-10,15-16,22,24-25H2,1H3,(H,39,43). The lowest BCUT2D eigenvalue weighted by atomic mass is 10.0. The fourth-order valence-corrected chi connectivity index (χ4v) is 7.51. The third kappa shape index (κ3) is 8.10. The van der Waals surface area contributed by atoms with Gasteiger partial charge in [0.1, 0.15) is 12.6 Å². The highest BCUT2D eigenvalue weighted by molar-refractivity contribution is 7.92. The third-order valence-corrected chi connectivity index (χ3v) is 10.9. The van der Waals surface area contributed by atoms with Crippen molar-refractivity contribution in [3.8, 4) is 0 Å². The number of benzene rings is 4. The van der Waals surface area contributed by atoms with E-state index >= 15 is 0 Å². The van der Waals surface area contributed by atoms with Crippen LogP contribution in [-0.4, -0.2) is 43.8 Å². The second kappa shape index (κ2) is 15.2. The maximum absolute atomic E-state index is 14.6. The number of halogens is 2. The van der Waals surface area contributed by atoms with Crippen molar-refractivity contribution in [2.75, 3.05) is 10.8 Å². The fourth-order valence-electron chi connectivity index (χ4n) is 5.72. The SMILES string of the molecule is Cc1ccc(N(CC(=O)N(Cc2ccccc2Cl)C(Cc2ccccc2)C(=O)NC2CCCC2)S(=O)(=O)c2ccccc2)cc1Cl. The number of carbonyl (C=O) groups excluding carboxylic acids is 2. The number of carbonyl (C=O) groups is 2. The summed E-state index contributed by atoms with van der Waals surface area (Å²) >= 11 is 13.0. The van der Waals surface area contributed by atoms with Crippen LogP contribution in [0, 0.1) is 6.92 Å². The van der Waals surface area contributed by atoms with Crippen molar-refractivity contribution >= 4 is 50.7 Å². The van der Waals surface area contributed by atoms with Gasteiger partial charge in [-0.05, 0) is 66.8 Å². The molecule has 46 heavy (non-hydrogen) atoms. The summed E-state index contributed by atoms with van der Waals surface area (Å²) < 4.78 is 29.3. The normalized spacial score (nSPS) is 14.1. The first-order chi connectivity index (χ1) is 22.1. The van der Waals surface area contributed by atoms with E-state index < -0.39 is 28.5 Å². The van der Waals surface area contributed by atoms with Crippen molar-refractivity contribution in [1.82, 2.24) is 10.2 Å². The van der Waals surface area contributed by atoms with E-state index in [2.05, 4.69) is 5.32 Å². The highest BCUT2D eigenvalue weighted by Crippen LogP contribution is 2.29. The van der Waals surface area contributed by atoms with Crippen LogP contribution in [0.3, 0.4) is 0 Å². The lowest BCUT2D eigenvalue weighted by Gasteiger charge is -2.34. The Morgan fingerprint density at radius 3 is 2.13 bits per heavy atom. The number of sulfonamides is 1. The Morgan fingerprint density at radius 1 is 0.848 bits per heavy atom. The van der Waals surface area contributed by atoms with Gasteiger partial charge in [-0.15, -0.1) is 0 Å². The molecule has 1 aliphatic carbocycles. The molecule has 0 saturated heterocycles. The van der Waals surface area contributed by atoms with Crippen LogP contribution < -0.4 is 9.62 Å². The quantitative estimate of drug-likeness (QED) is 0.172. The van der Waals surface area contributed by atoms with Gasteiger partial charge in [-0.25, -0.2) is 8.42 Å². The Kier molecular flexibility index (Phi) is 11.0. The van der Waals surface area contributed by atoms with Gasteiger partial charge in [0.2, 0.25) is 11.8 Å². The zero-order chi connectivity index (χ0) is 32.7. The maximum atomic E-state index is 14.6. The molecule has 1 N–H and O–H groups in total. The highest BCUT2D eigenvalue weighted by atomic mass is 35.5. The second-order valence-electron chi connectivity index (χ2n) is 11.6. The maximum Gasteiger partial charge on any atom is 0.264 e. The van der Waals surface area contributed by atoms with Crippen molar-refractivity contribution in [2.24, 2.45) is 0 Å². The van der Waals surface area contributed by atoms with Crippen LogP contribution in [0.5, 0.6) is 0 Å². The Morgan fingerprint density at radius 2 is 1.48 bits per heavy atom. The fraction of sp³-hybridized carbons (Fsp3) is 0.278.